The fourth-order valence-electron chi connectivity index (χ4n) is 3.24. The number of nitrogens with one attached hydrogen (secondary N) is 2. The summed E-state index contributed by atoms with van der Waals surface area (Å²) in [6.45, 7) is 1.88. The Morgan fingerprint density at radius 1 is 1.22 bits per heavy atom. The van der Waals surface area contributed by atoms with Gasteiger partial charge in [0.25, 0.3) is 0 Å². The zero-order valence-electron chi connectivity index (χ0n) is 13.5. The van der Waals surface area contributed by atoms with E-state index in [1.807, 2.05) is 12.1 Å². The van der Waals surface area contributed by atoms with Gasteiger partial charge in [-0.3, -0.25) is 0 Å². The third kappa shape index (κ3) is 4.08. The molecule has 2 N–H and O–H groups in total. The van der Waals surface area contributed by atoms with Crippen LogP contribution in [0.1, 0.15) is 30.0 Å². The Kier molecular flexibility index (Phi) is 5.60. The first kappa shape index (κ1) is 16.4. The number of hydrogen-bond donors (Lipinski definition) is 3. The molecule has 1 fully saturated rings. The van der Waals surface area contributed by atoms with Crippen molar-refractivity contribution in [1.29, 1.82) is 0 Å². The summed E-state index contributed by atoms with van der Waals surface area (Å²) in [7, 11) is 1.71. The molecule has 0 saturated carbocycles. The lowest BCUT2D eigenvalue weighted by atomic mass is 9.92. The predicted molar refractivity (Wildman–Crippen MR) is 97.3 cm³/mol. The van der Waals surface area contributed by atoms with Crippen molar-refractivity contribution in [3.05, 3.63) is 59.7 Å². The Bertz CT molecular complexity index is 633. The maximum Gasteiger partial charge on any atom is 0.124 e. The highest BCUT2D eigenvalue weighted by Crippen LogP contribution is 2.26. The minimum atomic E-state index is 0.361. The van der Waals surface area contributed by atoms with E-state index in [9.17, 15) is 0 Å². The van der Waals surface area contributed by atoms with Crippen LogP contribution in [0.25, 0.3) is 0 Å². The standard InChI is InChI=1S/C19H24N2OS/c1-22-18-12-16(23)10-9-15(18)13-21-17-8-5-11-20-19(17)14-6-3-2-4-7-14/h2-4,6-7,9-10,12,17,19-21,23H,5,8,11,13H2,1H3/t17-,19-/m0/s1. The van der Waals surface area contributed by atoms with Crippen LogP contribution < -0.4 is 15.4 Å². The molecule has 0 spiro atoms. The second-order valence-corrected chi connectivity index (χ2v) is 6.48. The van der Waals surface area contributed by atoms with Gasteiger partial charge in [-0.25, -0.2) is 0 Å². The van der Waals surface area contributed by atoms with Gasteiger partial charge in [0.1, 0.15) is 5.75 Å². The first-order valence-electron chi connectivity index (χ1n) is 8.15. The summed E-state index contributed by atoms with van der Waals surface area (Å²) in [6, 6.07) is 17.5. The molecule has 2 aromatic rings. The quantitative estimate of drug-likeness (QED) is 0.734. The topological polar surface area (TPSA) is 33.3 Å². The molecule has 2 atom stereocenters. The van der Waals surface area contributed by atoms with Crippen LogP contribution in [0.3, 0.4) is 0 Å². The van der Waals surface area contributed by atoms with E-state index in [0.29, 0.717) is 12.1 Å². The number of methoxy groups -OCH3 is 1. The van der Waals surface area contributed by atoms with Crippen LogP contribution >= 0.6 is 12.6 Å². The Balaban J connectivity index is 1.71. The minimum Gasteiger partial charge on any atom is -0.496 e. The summed E-state index contributed by atoms with van der Waals surface area (Å²) < 4.78 is 5.47. The second-order valence-electron chi connectivity index (χ2n) is 5.97. The molecule has 23 heavy (non-hydrogen) atoms. The lowest BCUT2D eigenvalue weighted by Crippen LogP contribution is -2.45. The molecule has 1 saturated heterocycles. The Hall–Kier alpha value is -1.49. The van der Waals surface area contributed by atoms with Crippen LogP contribution in [0.2, 0.25) is 0 Å². The lowest BCUT2D eigenvalue weighted by molar-refractivity contribution is 0.303. The average Bonchev–Trinajstić information content (AvgIpc) is 2.61. The van der Waals surface area contributed by atoms with Gasteiger partial charge >= 0.3 is 0 Å². The number of thiol groups is 1. The van der Waals surface area contributed by atoms with E-state index in [-0.39, 0.29) is 0 Å². The van der Waals surface area contributed by atoms with Gasteiger partial charge < -0.3 is 15.4 Å². The summed E-state index contributed by atoms with van der Waals surface area (Å²) in [5.41, 5.74) is 2.52. The highest BCUT2D eigenvalue weighted by atomic mass is 32.1. The highest BCUT2D eigenvalue weighted by molar-refractivity contribution is 7.80. The van der Waals surface area contributed by atoms with Crippen LogP contribution in [0, 0.1) is 0 Å². The molecule has 1 aliphatic heterocycles. The molecular formula is C19H24N2OS. The van der Waals surface area contributed by atoms with E-state index >= 15 is 0 Å². The fraction of sp³-hybridized carbons (Fsp3) is 0.368. The van der Waals surface area contributed by atoms with E-state index in [0.717, 1.165) is 23.7 Å². The van der Waals surface area contributed by atoms with E-state index in [2.05, 4.69) is 59.7 Å². The lowest BCUT2D eigenvalue weighted by Gasteiger charge is -2.34. The van der Waals surface area contributed by atoms with Crippen molar-refractivity contribution in [3.63, 3.8) is 0 Å². The van der Waals surface area contributed by atoms with Crippen LogP contribution in [0.5, 0.6) is 5.75 Å². The number of rotatable bonds is 5. The summed E-state index contributed by atoms with van der Waals surface area (Å²) >= 11 is 4.38. The predicted octanol–water partition coefficient (Wildman–Crippen LogP) is 3.57. The summed E-state index contributed by atoms with van der Waals surface area (Å²) in [5, 5.41) is 7.37. The SMILES string of the molecule is COc1cc(S)ccc1CN[C@H]1CCCN[C@H]1c1ccccc1. The number of piperidine rings is 1. The van der Waals surface area contributed by atoms with Crippen molar-refractivity contribution >= 4 is 12.6 Å². The molecule has 3 rings (SSSR count). The van der Waals surface area contributed by atoms with Gasteiger partial charge in [-0.05, 0) is 37.1 Å². The van der Waals surface area contributed by atoms with Crippen LogP contribution in [-0.2, 0) is 6.54 Å². The van der Waals surface area contributed by atoms with Gasteiger partial charge in [-0.1, -0.05) is 36.4 Å². The first-order valence-corrected chi connectivity index (χ1v) is 8.60. The van der Waals surface area contributed by atoms with Crippen molar-refractivity contribution < 1.29 is 4.74 Å². The van der Waals surface area contributed by atoms with E-state index < -0.39 is 0 Å². The zero-order chi connectivity index (χ0) is 16.1. The molecular weight excluding hydrogens is 304 g/mol. The van der Waals surface area contributed by atoms with Crippen LogP contribution in [0.15, 0.2) is 53.4 Å². The average molecular weight is 328 g/mol. The second kappa shape index (κ2) is 7.86. The van der Waals surface area contributed by atoms with Crippen LogP contribution in [-0.4, -0.2) is 19.7 Å². The molecule has 1 heterocycles. The molecule has 0 radical (unpaired) electrons. The molecule has 4 heteroatoms. The Labute approximate surface area is 143 Å². The summed E-state index contributed by atoms with van der Waals surface area (Å²) in [6.07, 6.45) is 2.38. The third-order valence-electron chi connectivity index (χ3n) is 4.44. The Morgan fingerprint density at radius 2 is 2.04 bits per heavy atom. The Morgan fingerprint density at radius 3 is 2.83 bits per heavy atom. The van der Waals surface area contributed by atoms with Gasteiger partial charge in [-0.15, -0.1) is 12.6 Å². The van der Waals surface area contributed by atoms with Crippen molar-refractivity contribution in [2.24, 2.45) is 0 Å². The van der Waals surface area contributed by atoms with Crippen molar-refractivity contribution in [2.75, 3.05) is 13.7 Å². The normalized spacial score (nSPS) is 21.1. The zero-order valence-corrected chi connectivity index (χ0v) is 14.4. The van der Waals surface area contributed by atoms with E-state index in [4.69, 9.17) is 4.74 Å². The summed E-state index contributed by atoms with van der Waals surface area (Å²) in [4.78, 5) is 0.923. The maximum absolute atomic E-state index is 5.47. The molecule has 0 amide bonds. The molecule has 0 aliphatic carbocycles. The fourth-order valence-corrected chi connectivity index (χ4v) is 3.43. The van der Waals surface area contributed by atoms with Gasteiger partial charge in [0, 0.05) is 29.1 Å². The third-order valence-corrected chi connectivity index (χ3v) is 4.72. The van der Waals surface area contributed by atoms with Gasteiger partial charge in [0.05, 0.1) is 7.11 Å². The van der Waals surface area contributed by atoms with Gasteiger partial charge in [-0.2, -0.15) is 0 Å². The van der Waals surface area contributed by atoms with Gasteiger partial charge in [0.15, 0.2) is 0 Å². The molecule has 0 bridgehead atoms. The molecule has 2 aromatic carbocycles. The van der Waals surface area contributed by atoms with Crippen LogP contribution in [0.4, 0.5) is 0 Å². The largest absolute Gasteiger partial charge is 0.496 e. The van der Waals surface area contributed by atoms with Crippen molar-refractivity contribution in [3.8, 4) is 5.75 Å². The highest BCUT2D eigenvalue weighted by Gasteiger charge is 2.25. The molecule has 0 unspecified atom stereocenters. The molecule has 1 aliphatic rings. The van der Waals surface area contributed by atoms with Gasteiger partial charge in [0.2, 0.25) is 0 Å². The van der Waals surface area contributed by atoms with Crippen molar-refractivity contribution in [1.82, 2.24) is 10.6 Å². The number of hydrogen-bond acceptors (Lipinski definition) is 4. The molecule has 3 nitrogen and oxygen atoms in total. The maximum atomic E-state index is 5.47. The van der Waals surface area contributed by atoms with Crippen molar-refractivity contribution in [2.45, 2.75) is 36.4 Å². The smallest absolute Gasteiger partial charge is 0.124 e. The number of ether oxygens (including phenoxy) is 1. The molecule has 0 aromatic heterocycles. The van der Waals surface area contributed by atoms with E-state index in [1.54, 1.807) is 7.11 Å². The monoisotopic (exact) mass is 328 g/mol. The first-order chi connectivity index (χ1) is 11.3. The van der Waals surface area contributed by atoms with E-state index in [1.165, 1.54) is 24.0 Å². The minimum absolute atomic E-state index is 0.361. The number of benzene rings is 2. The molecule has 122 valence electrons. The summed E-state index contributed by atoms with van der Waals surface area (Å²) in [5.74, 6) is 0.894.